The molecule has 2 amide bonds. The monoisotopic (exact) mass is 366 g/mol. The summed E-state index contributed by atoms with van der Waals surface area (Å²) < 4.78 is 1.78. The van der Waals surface area contributed by atoms with Crippen molar-refractivity contribution in [2.75, 3.05) is 13.1 Å². The number of carbonyl (C=O) groups excluding carboxylic acids is 2. The first-order valence-electron chi connectivity index (χ1n) is 9.06. The molecule has 8 nitrogen and oxygen atoms in total. The highest BCUT2D eigenvalue weighted by Gasteiger charge is 2.28. The lowest BCUT2D eigenvalue weighted by atomic mass is 9.96. The largest absolute Gasteiger partial charge is 0.368 e. The van der Waals surface area contributed by atoms with Gasteiger partial charge in [0.05, 0.1) is 11.0 Å². The predicted molar refractivity (Wildman–Crippen MR) is 100 cm³/mol. The number of hydrogen-bond donors (Lipinski definition) is 2. The summed E-state index contributed by atoms with van der Waals surface area (Å²) in [5.41, 5.74) is 7.69. The van der Waals surface area contributed by atoms with Crippen LogP contribution in [0.3, 0.4) is 0 Å². The van der Waals surface area contributed by atoms with Crippen LogP contribution in [0.25, 0.3) is 11.0 Å². The molecule has 140 valence electrons. The standard InChI is InChI=1S/C19H22N6O2/c1-12-22-15-5-4-13(9-16(15)23-12)19(27)25-7-2-3-14(10-25)18-21-6-8-24(18)11-17(20)26/h4-6,8-9,14H,2-3,7,10-11H2,1H3,(H2,20,26)(H,22,23)/t14-/m1/s1. The molecular formula is C19H22N6O2. The molecule has 3 aromatic rings. The number of benzene rings is 1. The first-order valence-corrected chi connectivity index (χ1v) is 9.06. The average molecular weight is 366 g/mol. The van der Waals surface area contributed by atoms with E-state index in [4.69, 9.17) is 5.73 Å². The van der Waals surface area contributed by atoms with Crippen molar-refractivity contribution in [3.05, 3.63) is 47.8 Å². The van der Waals surface area contributed by atoms with Crippen LogP contribution in [0.1, 0.15) is 40.8 Å². The number of aromatic amines is 1. The summed E-state index contributed by atoms with van der Waals surface area (Å²) in [5, 5.41) is 0. The number of rotatable bonds is 4. The number of H-pyrrole nitrogens is 1. The fraction of sp³-hybridized carbons (Fsp3) is 0.368. The zero-order valence-electron chi connectivity index (χ0n) is 15.2. The number of likely N-dealkylation sites (tertiary alicyclic amines) is 1. The third-order valence-corrected chi connectivity index (χ3v) is 4.99. The third kappa shape index (κ3) is 3.42. The van der Waals surface area contributed by atoms with Gasteiger partial charge in [0.1, 0.15) is 18.2 Å². The second-order valence-corrected chi connectivity index (χ2v) is 7.02. The summed E-state index contributed by atoms with van der Waals surface area (Å²) in [5.74, 6) is 1.33. The number of amides is 2. The number of nitrogens with zero attached hydrogens (tertiary/aromatic N) is 4. The van der Waals surface area contributed by atoms with Gasteiger partial charge in [-0.3, -0.25) is 9.59 Å². The molecule has 0 unspecified atom stereocenters. The number of primary amides is 1. The number of piperidine rings is 1. The molecule has 3 N–H and O–H groups in total. The molecule has 0 radical (unpaired) electrons. The maximum absolute atomic E-state index is 13.0. The van der Waals surface area contributed by atoms with Gasteiger partial charge in [-0.1, -0.05) is 0 Å². The highest BCUT2D eigenvalue weighted by atomic mass is 16.2. The lowest BCUT2D eigenvalue weighted by Gasteiger charge is -2.32. The van der Waals surface area contributed by atoms with Gasteiger partial charge in [-0.2, -0.15) is 0 Å². The van der Waals surface area contributed by atoms with Crippen molar-refractivity contribution in [1.29, 1.82) is 0 Å². The minimum atomic E-state index is -0.402. The molecule has 2 aromatic heterocycles. The number of nitrogens with two attached hydrogens (primary N) is 1. The van der Waals surface area contributed by atoms with Crippen LogP contribution in [0.15, 0.2) is 30.6 Å². The van der Waals surface area contributed by atoms with E-state index >= 15 is 0 Å². The van der Waals surface area contributed by atoms with E-state index in [1.54, 1.807) is 17.0 Å². The minimum absolute atomic E-state index is 0.00172. The van der Waals surface area contributed by atoms with Gasteiger partial charge in [-0.15, -0.1) is 0 Å². The summed E-state index contributed by atoms with van der Waals surface area (Å²) in [7, 11) is 0. The van der Waals surface area contributed by atoms with E-state index in [-0.39, 0.29) is 18.4 Å². The van der Waals surface area contributed by atoms with E-state index in [2.05, 4.69) is 15.0 Å². The fourth-order valence-electron chi connectivity index (χ4n) is 3.81. The Labute approximate surface area is 156 Å². The van der Waals surface area contributed by atoms with E-state index < -0.39 is 5.91 Å². The van der Waals surface area contributed by atoms with Crippen LogP contribution in [0.2, 0.25) is 0 Å². The summed E-state index contributed by atoms with van der Waals surface area (Å²) in [4.78, 5) is 38.1. The van der Waals surface area contributed by atoms with Crippen molar-refractivity contribution in [3.63, 3.8) is 0 Å². The van der Waals surface area contributed by atoms with Gasteiger partial charge in [0.2, 0.25) is 5.91 Å². The number of hydrogen-bond acceptors (Lipinski definition) is 4. The summed E-state index contributed by atoms with van der Waals surface area (Å²) in [6, 6.07) is 5.55. The van der Waals surface area contributed by atoms with Crippen LogP contribution < -0.4 is 5.73 Å². The first-order chi connectivity index (χ1) is 13.0. The zero-order chi connectivity index (χ0) is 19.0. The van der Waals surface area contributed by atoms with Crippen molar-refractivity contribution in [2.24, 2.45) is 5.73 Å². The predicted octanol–water partition coefficient (Wildman–Crippen LogP) is 1.57. The highest BCUT2D eigenvalue weighted by molar-refractivity contribution is 5.97. The number of nitrogens with one attached hydrogen (secondary N) is 1. The van der Waals surface area contributed by atoms with Gasteiger partial charge in [0.15, 0.2) is 0 Å². The molecule has 0 spiro atoms. The summed E-state index contributed by atoms with van der Waals surface area (Å²) in [6.07, 6.45) is 5.26. The van der Waals surface area contributed by atoms with Crippen LogP contribution in [0.4, 0.5) is 0 Å². The van der Waals surface area contributed by atoms with Crippen molar-refractivity contribution in [3.8, 4) is 0 Å². The van der Waals surface area contributed by atoms with E-state index in [1.807, 2.05) is 30.0 Å². The molecule has 3 heterocycles. The van der Waals surface area contributed by atoms with Gasteiger partial charge >= 0.3 is 0 Å². The van der Waals surface area contributed by atoms with E-state index in [0.717, 1.165) is 35.5 Å². The molecule has 1 fully saturated rings. The number of fused-ring (bicyclic) bond motifs is 1. The molecule has 0 saturated carbocycles. The van der Waals surface area contributed by atoms with Crippen molar-refractivity contribution >= 4 is 22.8 Å². The Hall–Kier alpha value is -3.16. The molecule has 1 saturated heterocycles. The number of aromatic nitrogens is 4. The van der Waals surface area contributed by atoms with Crippen LogP contribution in [-0.4, -0.2) is 49.3 Å². The van der Waals surface area contributed by atoms with E-state index in [0.29, 0.717) is 18.7 Å². The quantitative estimate of drug-likeness (QED) is 0.730. The zero-order valence-corrected chi connectivity index (χ0v) is 15.2. The molecule has 4 rings (SSSR count). The van der Waals surface area contributed by atoms with Crippen LogP contribution >= 0.6 is 0 Å². The maximum atomic E-state index is 13.0. The Morgan fingerprint density at radius 3 is 3.04 bits per heavy atom. The fourth-order valence-corrected chi connectivity index (χ4v) is 3.81. The Morgan fingerprint density at radius 1 is 1.37 bits per heavy atom. The number of imidazole rings is 2. The van der Waals surface area contributed by atoms with Gasteiger partial charge in [0.25, 0.3) is 5.91 Å². The third-order valence-electron chi connectivity index (χ3n) is 4.99. The molecule has 8 heteroatoms. The molecule has 1 atom stereocenters. The minimum Gasteiger partial charge on any atom is -0.368 e. The smallest absolute Gasteiger partial charge is 0.253 e. The Morgan fingerprint density at radius 2 is 2.22 bits per heavy atom. The molecule has 1 aromatic carbocycles. The van der Waals surface area contributed by atoms with Crippen molar-refractivity contribution in [2.45, 2.75) is 32.2 Å². The van der Waals surface area contributed by atoms with Gasteiger partial charge in [0, 0.05) is 37.0 Å². The van der Waals surface area contributed by atoms with Crippen LogP contribution in [0, 0.1) is 6.92 Å². The van der Waals surface area contributed by atoms with Gasteiger partial charge in [-0.05, 0) is 38.0 Å². The number of carbonyl (C=O) groups is 2. The second kappa shape index (κ2) is 6.86. The molecule has 27 heavy (non-hydrogen) atoms. The Kier molecular flexibility index (Phi) is 4.39. The average Bonchev–Trinajstić information content (AvgIpc) is 3.25. The van der Waals surface area contributed by atoms with Crippen molar-refractivity contribution < 1.29 is 9.59 Å². The molecule has 1 aliphatic heterocycles. The molecule has 0 aliphatic carbocycles. The second-order valence-electron chi connectivity index (χ2n) is 7.02. The first kappa shape index (κ1) is 17.3. The molecule has 1 aliphatic rings. The lowest BCUT2D eigenvalue weighted by molar-refractivity contribution is -0.118. The van der Waals surface area contributed by atoms with Crippen molar-refractivity contribution in [1.82, 2.24) is 24.4 Å². The van der Waals surface area contributed by atoms with E-state index in [1.165, 1.54) is 0 Å². The summed E-state index contributed by atoms with van der Waals surface area (Å²) >= 11 is 0. The maximum Gasteiger partial charge on any atom is 0.253 e. The lowest BCUT2D eigenvalue weighted by Crippen LogP contribution is -2.40. The normalized spacial score (nSPS) is 17.4. The van der Waals surface area contributed by atoms with Crippen LogP contribution in [-0.2, 0) is 11.3 Å². The topological polar surface area (TPSA) is 110 Å². The Bertz CT molecular complexity index is 1000. The van der Waals surface area contributed by atoms with Gasteiger partial charge in [-0.25, -0.2) is 9.97 Å². The Balaban J connectivity index is 1.54. The SMILES string of the molecule is Cc1nc2ccc(C(=O)N3CCC[C@@H](c4nccn4CC(N)=O)C3)cc2[nH]1. The number of aryl methyl sites for hydroxylation is 1. The van der Waals surface area contributed by atoms with Gasteiger partial charge < -0.3 is 20.2 Å². The summed E-state index contributed by atoms with van der Waals surface area (Å²) in [6.45, 7) is 3.29. The van der Waals surface area contributed by atoms with E-state index in [9.17, 15) is 9.59 Å². The van der Waals surface area contributed by atoms with Crippen LogP contribution in [0.5, 0.6) is 0 Å². The highest BCUT2D eigenvalue weighted by Crippen LogP contribution is 2.27. The molecular weight excluding hydrogens is 344 g/mol. The molecule has 0 bridgehead atoms.